The molecule has 4 aromatic rings. The van der Waals surface area contributed by atoms with Crippen LogP contribution in [0.3, 0.4) is 0 Å². The van der Waals surface area contributed by atoms with Gasteiger partial charge in [0.2, 0.25) is 5.88 Å². The molecule has 2 heterocycles. The molecule has 206 valence electrons. The Bertz CT molecular complexity index is 1600. The lowest BCUT2D eigenvalue weighted by atomic mass is 10.0. The van der Waals surface area contributed by atoms with Crippen molar-refractivity contribution in [3.8, 4) is 23.0 Å². The second-order valence-corrected chi connectivity index (χ2v) is 8.45. The number of amides is 1. The predicted molar refractivity (Wildman–Crippen MR) is 149 cm³/mol. The molecule has 4 rings (SSSR count). The molecule has 5 N–H and O–H groups in total. The van der Waals surface area contributed by atoms with Crippen LogP contribution in [-0.4, -0.2) is 57.2 Å². The highest BCUT2D eigenvalue weighted by Gasteiger charge is 2.17. The van der Waals surface area contributed by atoms with E-state index in [-0.39, 0.29) is 17.1 Å². The van der Waals surface area contributed by atoms with Gasteiger partial charge in [-0.3, -0.25) is 14.6 Å². The van der Waals surface area contributed by atoms with Crippen molar-refractivity contribution in [2.75, 3.05) is 19.5 Å². The maximum Gasteiger partial charge on any atom is 0.335 e. The van der Waals surface area contributed by atoms with Crippen molar-refractivity contribution in [1.82, 2.24) is 15.0 Å². The summed E-state index contributed by atoms with van der Waals surface area (Å²) in [6.07, 6.45) is 2.96. The van der Waals surface area contributed by atoms with Gasteiger partial charge in [0.25, 0.3) is 11.9 Å². The number of anilines is 2. The van der Waals surface area contributed by atoms with E-state index < -0.39 is 17.8 Å². The number of fused-ring (bicyclic) bond motifs is 1. The normalized spacial score (nSPS) is 10.2. The molecule has 0 aliphatic rings. The molecule has 0 aliphatic heterocycles. The smallest absolute Gasteiger partial charge is 0.335 e. The monoisotopic (exact) mass is 545 g/mol. The van der Waals surface area contributed by atoms with Crippen LogP contribution < -0.4 is 20.5 Å². The highest BCUT2D eigenvalue weighted by molar-refractivity contribution is 6.08. The highest BCUT2D eigenvalue weighted by Crippen LogP contribution is 2.35. The first-order valence-corrected chi connectivity index (χ1v) is 11.6. The van der Waals surface area contributed by atoms with Crippen molar-refractivity contribution >= 4 is 45.7 Å². The molecule has 12 nitrogen and oxygen atoms in total. The zero-order valence-corrected chi connectivity index (χ0v) is 22.2. The highest BCUT2D eigenvalue weighted by atomic mass is 16.5. The van der Waals surface area contributed by atoms with E-state index in [1.54, 1.807) is 37.4 Å². The number of hydrogen-bond donors (Lipinski definition) is 4. The number of carboxylic acid groups (broad SMARTS) is 2. The van der Waals surface area contributed by atoms with Crippen molar-refractivity contribution < 1.29 is 34.1 Å². The molecule has 40 heavy (non-hydrogen) atoms. The number of carbonyl (C=O) groups excluding carboxylic acids is 1. The first kappa shape index (κ1) is 29.0. The second kappa shape index (κ2) is 12.3. The molecule has 0 bridgehead atoms. The van der Waals surface area contributed by atoms with Crippen LogP contribution in [-0.2, 0) is 4.79 Å². The third-order valence-corrected chi connectivity index (χ3v) is 5.50. The van der Waals surface area contributed by atoms with Gasteiger partial charge in [-0.2, -0.15) is 4.98 Å². The van der Waals surface area contributed by atoms with Gasteiger partial charge >= 0.3 is 12.0 Å². The van der Waals surface area contributed by atoms with E-state index >= 15 is 0 Å². The molecule has 0 spiro atoms. The van der Waals surface area contributed by atoms with E-state index in [0.717, 1.165) is 12.5 Å². The first-order chi connectivity index (χ1) is 18.9. The number of ether oxygens (including phenoxy) is 2. The Morgan fingerprint density at radius 1 is 0.950 bits per heavy atom. The second-order valence-electron chi connectivity index (χ2n) is 8.45. The van der Waals surface area contributed by atoms with Crippen LogP contribution in [0.4, 0.5) is 11.4 Å². The lowest BCUT2D eigenvalue weighted by molar-refractivity contribution is -0.134. The topological polar surface area (TPSA) is 187 Å². The third kappa shape index (κ3) is 6.67. The van der Waals surface area contributed by atoms with Gasteiger partial charge < -0.3 is 30.7 Å². The first-order valence-electron chi connectivity index (χ1n) is 11.6. The van der Waals surface area contributed by atoms with Crippen LogP contribution in [0.25, 0.3) is 27.6 Å². The lowest BCUT2D eigenvalue weighted by Crippen LogP contribution is -2.14. The van der Waals surface area contributed by atoms with E-state index in [2.05, 4.69) is 26.8 Å². The SMILES string of the molecule is C=C(C)c1cc(Nc2c(C(N)=O)cnc3cc(-c4cnc(OC)nc4OC)ccc23)cc(C(=O)O)c1.CC(=O)O. The van der Waals surface area contributed by atoms with Crippen LogP contribution in [0, 0.1) is 0 Å². The van der Waals surface area contributed by atoms with Crippen LogP contribution in [0.1, 0.15) is 40.1 Å². The van der Waals surface area contributed by atoms with Gasteiger partial charge in [0.05, 0.1) is 42.1 Å². The standard InChI is InChI=1S/C26H23N5O5.C2H4O2/c1-13(2)15-7-16(25(33)34)9-17(8-15)30-22-18-6-5-14(10-21(18)28-12-20(22)23(27)32)19-11-29-26(36-4)31-24(19)35-3;1-2(3)4/h5-12H,1H2,2-4H3,(H2,27,32)(H,28,30)(H,33,34);1H3,(H,3,4). The zero-order chi connectivity index (χ0) is 29.6. The largest absolute Gasteiger partial charge is 0.481 e. The number of aromatic nitrogens is 3. The summed E-state index contributed by atoms with van der Waals surface area (Å²) in [5, 5.41) is 20.7. The number of allylic oxidation sites excluding steroid dienone is 1. The molecule has 1 amide bonds. The Morgan fingerprint density at radius 2 is 1.62 bits per heavy atom. The number of benzene rings is 2. The van der Waals surface area contributed by atoms with Crippen molar-refractivity contribution in [2.24, 2.45) is 5.73 Å². The van der Waals surface area contributed by atoms with Gasteiger partial charge in [0.1, 0.15) is 0 Å². The number of nitrogens with zero attached hydrogens (tertiary/aromatic N) is 3. The summed E-state index contributed by atoms with van der Waals surface area (Å²) < 4.78 is 10.5. The minimum Gasteiger partial charge on any atom is -0.481 e. The fourth-order valence-electron chi connectivity index (χ4n) is 3.70. The molecule has 12 heteroatoms. The maximum atomic E-state index is 12.2. The van der Waals surface area contributed by atoms with Gasteiger partial charge in [-0.05, 0) is 42.3 Å². The summed E-state index contributed by atoms with van der Waals surface area (Å²) in [5.74, 6) is -2.28. The van der Waals surface area contributed by atoms with Gasteiger partial charge in [0, 0.05) is 30.4 Å². The van der Waals surface area contributed by atoms with E-state index in [4.69, 9.17) is 25.1 Å². The van der Waals surface area contributed by atoms with Gasteiger partial charge in [0.15, 0.2) is 0 Å². The summed E-state index contributed by atoms with van der Waals surface area (Å²) in [6.45, 7) is 6.76. The fourth-order valence-corrected chi connectivity index (χ4v) is 3.70. The number of pyridine rings is 1. The fraction of sp³-hybridized carbons (Fsp3) is 0.143. The number of primary amides is 1. The average molecular weight is 546 g/mol. The molecular weight excluding hydrogens is 518 g/mol. The minimum atomic E-state index is -1.09. The van der Waals surface area contributed by atoms with E-state index in [1.165, 1.54) is 32.5 Å². The molecule has 0 atom stereocenters. The molecule has 0 saturated heterocycles. The number of methoxy groups -OCH3 is 2. The average Bonchev–Trinajstić information content (AvgIpc) is 2.91. The number of hydrogen-bond acceptors (Lipinski definition) is 9. The molecule has 0 fully saturated rings. The summed E-state index contributed by atoms with van der Waals surface area (Å²) in [5.41, 5.74) is 9.94. The van der Waals surface area contributed by atoms with Crippen LogP contribution in [0.15, 0.2) is 55.4 Å². The summed E-state index contributed by atoms with van der Waals surface area (Å²) in [7, 11) is 2.96. The Labute approximate surface area is 229 Å². The molecule has 2 aromatic carbocycles. The van der Waals surface area contributed by atoms with E-state index in [0.29, 0.717) is 44.9 Å². The quantitative estimate of drug-likeness (QED) is 0.246. The Balaban J connectivity index is 0.00000103. The molecule has 2 aromatic heterocycles. The Morgan fingerprint density at radius 3 is 2.20 bits per heavy atom. The van der Waals surface area contributed by atoms with Crippen molar-refractivity contribution in [3.63, 3.8) is 0 Å². The van der Waals surface area contributed by atoms with Crippen molar-refractivity contribution in [1.29, 1.82) is 0 Å². The molecule has 0 unspecified atom stereocenters. The van der Waals surface area contributed by atoms with Crippen molar-refractivity contribution in [3.05, 3.63) is 72.1 Å². The number of nitrogens with two attached hydrogens (primary N) is 1. The van der Waals surface area contributed by atoms with Crippen LogP contribution >= 0.6 is 0 Å². The van der Waals surface area contributed by atoms with Gasteiger partial charge in [-0.15, -0.1) is 0 Å². The molecular formula is C28H27N5O7. The number of nitrogens with one attached hydrogen (secondary N) is 1. The predicted octanol–water partition coefficient (Wildman–Crippen LogP) is 4.37. The van der Waals surface area contributed by atoms with Gasteiger partial charge in [-0.1, -0.05) is 24.3 Å². The Hall–Kier alpha value is -5.52. The van der Waals surface area contributed by atoms with Gasteiger partial charge in [-0.25, -0.2) is 9.78 Å². The Kier molecular flexibility index (Phi) is 8.97. The number of aliphatic carboxylic acids is 1. The summed E-state index contributed by atoms with van der Waals surface area (Å²) in [4.78, 5) is 45.7. The zero-order valence-electron chi connectivity index (χ0n) is 22.2. The maximum absolute atomic E-state index is 12.2. The summed E-state index contributed by atoms with van der Waals surface area (Å²) in [6, 6.07) is 10.3. The van der Waals surface area contributed by atoms with Crippen LogP contribution in [0.5, 0.6) is 11.9 Å². The number of rotatable bonds is 8. The number of aromatic carboxylic acids is 1. The number of carbonyl (C=O) groups is 3. The number of carboxylic acids is 2. The molecule has 0 saturated carbocycles. The molecule has 0 aliphatic carbocycles. The van der Waals surface area contributed by atoms with E-state index in [1.807, 2.05) is 0 Å². The van der Waals surface area contributed by atoms with Crippen molar-refractivity contribution in [2.45, 2.75) is 13.8 Å². The molecule has 0 radical (unpaired) electrons. The lowest BCUT2D eigenvalue weighted by Gasteiger charge is -2.16. The third-order valence-electron chi connectivity index (χ3n) is 5.50. The van der Waals surface area contributed by atoms with E-state index in [9.17, 15) is 14.7 Å². The minimum absolute atomic E-state index is 0.0749. The summed E-state index contributed by atoms with van der Waals surface area (Å²) >= 11 is 0. The van der Waals surface area contributed by atoms with Crippen LogP contribution in [0.2, 0.25) is 0 Å².